The summed E-state index contributed by atoms with van der Waals surface area (Å²) in [5.41, 5.74) is 0.224. The van der Waals surface area contributed by atoms with E-state index in [1.54, 1.807) is 7.05 Å². The second kappa shape index (κ2) is 11.6. The molecule has 1 amide bonds. The van der Waals surface area contributed by atoms with Gasteiger partial charge in [0.1, 0.15) is 23.5 Å². The summed E-state index contributed by atoms with van der Waals surface area (Å²) in [6, 6.07) is 7.05. The smallest absolute Gasteiger partial charge is 0.258 e. The zero-order chi connectivity index (χ0) is 23.8. The summed E-state index contributed by atoms with van der Waals surface area (Å²) in [6.45, 7) is 0. The lowest BCUT2D eigenvalue weighted by atomic mass is 10.0. The molecule has 1 aliphatic rings. The van der Waals surface area contributed by atoms with E-state index >= 15 is 0 Å². The predicted octanol–water partition coefficient (Wildman–Crippen LogP) is 4.17. The Balaban J connectivity index is 1.77. The van der Waals surface area contributed by atoms with Crippen molar-refractivity contribution in [3.05, 3.63) is 76.0 Å². The van der Waals surface area contributed by atoms with Gasteiger partial charge in [0.15, 0.2) is 5.96 Å². The molecule has 176 valence electrons. The topological polar surface area (TPSA) is 94.9 Å². The van der Waals surface area contributed by atoms with Gasteiger partial charge in [-0.15, -0.1) is 0 Å². The third-order valence-electron chi connectivity index (χ3n) is 5.47. The number of nitrogens with one attached hydrogen (secondary N) is 3. The van der Waals surface area contributed by atoms with Gasteiger partial charge in [-0.1, -0.05) is 24.1 Å². The van der Waals surface area contributed by atoms with Crippen LogP contribution in [0, 0.1) is 22.4 Å². The molecular formula is C23H26F3N5O2. The van der Waals surface area contributed by atoms with Gasteiger partial charge >= 0.3 is 0 Å². The van der Waals surface area contributed by atoms with Crippen molar-refractivity contribution >= 4 is 11.9 Å². The summed E-state index contributed by atoms with van der Waals surface area (Å²) >= 11 is 0. The maximum Gasteiger partial charge on any atom is 0.258 e. The van der Waals surface area contributed by atoms with Crippen molar-refractivity contribution < 1.29 is 18.0 Å². The largest absolute Gasteiger partial charge is 0.341 e. The molecule has 2 atom stereocenters. The highest BCUT2D eigenvalue weighted by Crippen LogP contribution is 2.24. The molecule has 1 saturated carbocycles. The molecule has 0 radical (unpaired) electrons. The number of amides is 1. The fourth-order valence-electron chi connectivity index (χ4n) is 3.78. The van der Waals surface area contributed by atoms with Crippen molar-refractivity contribution in [2.45, 2.75) is 50.4 Å². The van der Waals surface area contributed by atoms with E-state index in [9.17, 15) is 22.9 Å². The number of halogens is 3. The third-order valence-corrected chi connectivity index (χ3v) is 5.47. The maximum absolute atomic E-state index is 13.6. The summed E-state index contributed by atoms with van der Waals surface area (Å²) in [7, 11) is 1.62. The van der Waals surface area contributed by atoms with Crippen LogP contribution < -0.4 is 16.0 Å². The van der Waals surface area contributed by atoms with E-state index in [0.29, 0.717) is 6.07 Å². The third kappa shape index (κ3) is 7.11. The normalized spacial score (nSPS) is 16.3. The van der Waals surface area contributed by atoms with E-state index in [4.69, 9.17) is 0 Å². The van der Waals surface area contributed by atoms with Crippen LogP contribution in [0.4, 0.5) is 13.2 Å². The number of hydrogen-bond acceptors (Lipinski definition) is 5. The van der Waals surface area contributed by atoms with Crippen molar-refractivity contribution in [1.29, 1.82) is 0 Å². The summed E-state index contributed by atoms with van der Waals surface area (Å²) in [5, 5.41) is 11.7. The molecule has 0 spiro atoms. The van der Waals surface area contributed by atoms with Gasteiger partial charge in [-0.3, -0.25) is 10.1 Å². The second-order valence-electron chi connectivity index (χ2n) is 7.93. The summed E-state index contributed by atoms with van der Waals surface area (Å²) < 4.78 is 40.7. The molecule has 7 nitrogen and oxygen atoms in total. The van der Waals surface area contributed by atoms with Gasteiger partial charge in [-0.25, -0.2) is 18.2 Å². The van der Waals surface area contributed by atoms with E-state index in [2.05, 4.69) is 26.1 Å². The van der Waals surface area contributed by atoms with E-state index in [1.807, 2.05) is 0 Å². The van der Waals surface area contributed by atoms with Gasteiger partial charge < -0.3 is 10.6 Å². The molecule has 3 rings (SSSR count). The van der Waals surface area contributed by atoms with Crippen molar-refractivity contribution in [1.82, 2.24) is 16.0 Å². The first-order valence-corrected chi connectivity index (χ1v) is 10.7. The average molecular weight is 461 g/mol. The number of guanidine groups is 1. The number of nitrogens with zero attached hydrogens (tertiary/aromatic N) is 2. The number of carbonyl (C=O) groups is 1. The molecule has 2 aromatic rings. The van der Waals surface area contributed by atoms with Crippen LogP contribution >= 0.6 is 0 Å². The minimum atomic E-state index is -1.05. The van der Waals surface area contributed by atoms with Gasteiger partial charge in [-0.2, -0.15) is 4.91 Å². The monoisotopic (exact) mass is 461 g/mol. The molecule has 0 bridgehead atoms. The summed E-state index contributed by atoms with van der Waals surface area (Å²) in [6.07, 6.45) is 3.20. The number of benzene rings is 2. The molecule has 10 heteroatoms. The minimum absolute atomic E-state index is 0.00937. The lowest BCUT2D eigenvalue weighted by molar-refractivity contribution is 0.0974. The lowest BCUT2D eigenvalue weighted by Gasteiger charge is -2.23. The van der Waals surface area contributed by atoms with Crippen LogP contribution in [0.2, 0.25) is 0 Å². The Kier molecular flexibility index (Phi) is 8.53. The van der Waals surface area contributed by atoms with Crippen molar-refractivity contribution in [2.24, 2.45) is 10.2 Å². The van der Waals surface area contributed by atoms with Crippen LogP contribution in [0.15, 0.2) is 52.6 Å². The average Bonchev–Trinajstić information content (AvgIpc) is 3.28. The Hall–Kier alpha value is -3.27. The molecule has 33 heavy (non-hydrogen) atoms. The number of hydrogen-bond donors (Lipinski definition) is 3. The Morgan fingerprint density at radius 3 is 2.36 bits per heavy atom. The molecule has 2 unspecified atom stereocenters. The van der Waals surface area contributed by atoms with Crippen LogP contribution in [0.1, 0.15) is 54.1 Å². The van der Waals surface area contributed by atoms with E-state index in [-0.39, 0.29) is 29.5 Å². The van der Waals surface area contributed by atoms with E-state index in [1.165, 1.54) is 18.2 Å². The van der Waals surface area contributed by atoms with Crippen LogP contribution in [-0.4, -0.2) is 31.1 Å². The number of aliphatic imine (C=N–C) groups is 1. The minimum Gasteiger partial charge on any atom is -0.341 e. The Morgan fingerprint density at radius 2 is 1.76 bits per heavy atom. The van der Waals surface area contributed by atoms with Crippen LogP contribution in [0.5, 0.6) is 0 Å². The molecule has 1 fully saturated rings. The molecule has 0 aliphatic heterocycles. The molecule has 0 aromatic heterocycles. The summed E-state index contributed by atoms with van der Waals surface area (Å²) in [4.78, 5) is 28.7. The molecule has 0 heterocycles. The predicted molar refractivity (Wildman–Crippen MR) is 119 cm³/mol. The highest BCUT2D eigenvalue weighted by molar-refractivity contribution is 6.05. The highest BCUT2D eigenvalue weighted by atomic mass is 19.1. The molecule has 0 saturated heterocycles. The van der Waals surface area contributed by atoms with Crippen LogP contribution in [0.3, 0.4) is 0 Å². The zero-order valence-corrected chi connectivity index (χ0v) is 18.2. The SMILES string of the molecule is CNC(CC(N=O)c1cc(F)cc(F)c1)NC(=NC1CCCC1)NC(=O)c1cccc(F)c1. The first-order chi connectivity index (χ1) is 15.9. The quantitative estimate of drug-likeness (QED) is 0.238. The molecule has 1 aliphatic carbocycles. The first-order valence-electron chi connectivity index (χ1n) is 10.7. The van der Waals surface area contributed by atoms with Crippen LogP contribution in [0.25, 0.3) is 0 Å². The maximum atomic E-state index is 13.6. The van der Waals surface area contributed by atoms with Gasteiger partial charge in [0.25, 0.3) is 5.91 Å². The lowest BCUT2D eigenvalue weighted by Crippen LogP contribution is -2.51. The number of rotatable bonds is 8. The number of carbonyl (C=O) groups excluding carboxylic acids is 1. The first kappa shape index (κ1) is 24.4. The van der Waals surface area contributed by atoms with Gasteiger partial charge in [0, 0.05) is 18.1 Å². The number of nitroso groups, excluding NO2 is 1. The van der Waals surface area contributed by atoms with E-state index < -0.39 is 35.6 Å². The summed E-state index contributed by atoms with van der Waals surface area (Å²) in [5.74, 6) is -2.55. The Bertz CT molecular complexity index is 991. The van der Waals surface area contributed by atoms with Gasteiger partial charge in [-0.05, 0) is 55.8 Å². The Morgan fingerprint density at radius 1 is 1.06 bits per heavy atom. The van der Waals surface area contributed by atoms with Crippen molar-refractivity contribution in [3.63, 3.8) is 0 Å². The molecule has 3 N–H and O–H groups in total. The second-order valence-corrected chi connectivity index (χ2v) is 7.93. The highest BCUT2D eigenvalue weighted by Gasteiger charge is 2.23. The van der Waals surface area contributed by atoms with Gasteiger partial charge in [0.2, 0.25) is 0 Å². The fraction of sp³-hybridized carbons (Fsp3) is 0.391. The van der Waals surface area contributed by atoms with Crippen molar-refractivity contribution in [3.8, 4) is 0 Å². The standard InChI is InChI=1S/C23H26F3N5O2/c1-27-21(13-20(31-33)15-10-17(25)12-18(26)11-15)29-23(28-19-7-2-3-8-19)30-22(32)14-5-4-6-16(24)9-14/h4-6,9-12,19-21,27H,2-3,7-8,13H2,1H3,(H2,28,29,30,32). The van der Waals surface area contributed by atoms with E-state index in [0.717, 1.165) is 43.9 Å². The Labute approximate surface area is 189 Å². The van der Waals surface area contributed by atoms with Crippen molar-refractivity contribution in [2.75, 3.05) is 7.05 Å². The van der Waals surface area contributed by atoms with Crippen LogP contribution in [-0.2, 0) is 0 Å². The molecule has 2 aromatic carbocycles. The van der Waals surface area contributed by atoms with Gasteiger partial charge in [0.05, 0.1) is 12.2 Å². The fourth-order valence-corrected chi connectivity index (χ4v) is 3.78. The zero-order valence-electron chi connectivity index (χ0n) is 18.2. The molecular weight excluding hydrogens is 435 g/mol.